The number of carboxylic acids is 2. The van der Waals surface area contributed by atoms with Crippen LogP contribution >= 0.6 is 0 Å². The monoisotopic (exact) mass is 256 g/mol. The largest absolute Gasteiger partial charge is 0.481 e. The quantitative estimate of drug-likeness (QED) is 0.793. The van der Waals surface area contributed by atoms with Gasteiger partial charge < -0.3 is 10.2 Å². The molecular weight excluding hydrogens is 232 g/mol. The Morgan fingerprint density at radius 1 is 1.28 bits per heavy atom. The van der Waals surface area contributed by atoms with Crippen molar-refractivity contribution in [2.45, 2.75) is 53.9 Å². The third kappa shape index (κ3) is 2.02. The highest BCUT2D eigenvalue weighted by molar-refractivity contribution is 5.86. The van der Waals surface area contributed by atoms with Crippen LogP contribution in [-0.4, -0.2) is 22.2 Å². The molecule has 0 heterocycles. The van der Waals surface area contributed by atoms with E-state index >= 15 is 0 Å². The van der Waals surface area contributed by atoms with E-state index in [2.05, 4.69) is 0 Å². The van der Waals surface area contributed by atoms with Gasteiger partial charge in [0.1, 0.15) is 0 Å². The van der Waals surface area contributed by atoms with Crippen molar-refractivity contribution in [2.24, 2.45) is 22.2 Å². The Balaban J connectivity index is 3.20. The van der Waals surface area contributed by atoms with E-state index in [-0.39, 0.29) is 5.41 Å². The summed E-state index contributed by atoms with van der Waals surface area (Å²) in [5, 5.41) is 18.9. The highest BCUT2D eigenvalue weighted by Crippen LogP contribution is 2.65. The van der Waals surface area contributed by atoms with Gasteiger partial charge in [0.2, 0.25) is 0 Å². The molecule has 1 aliphatic carbocycles. The average molecular weight is 256 g/mol. The first-order valence-electron chi connectivity index (χ1n) is 6.46. The van der Waals surface area contributed by atoms with Crippen LogP contribution in [0.4, 0.5) is 0 Å². The van der Waals surface area contributed by atoms with Gasteiger partial charge in [0.15, 0.2) is 0 Å². The van der Waals surface area contributed by atoms with Gasteiger partial charge in [-0.3, -0.25) is 9.59 Å². The first-order valence-corrected chi connectivity index (χ1v) is 6.46. The molecule has 4 nitrogen and oxygen atoms in total. The van der Waals surface area contributed by atoms with Gasteiger partial charge in [0.05, 0.1) is 11.3 Å². The zero-order valence-electron chi connectivity index (χ0n) is 11.9. The van der Waals surface area contributed by atoms with Crippen molar-refractivity contribution in [3.8, 4) is 0 Å². The van der Waals surface area contributed by atoms with Crippen LogP contribution in [0.15, 0.2) is 0 Å². The Hall–Kier alpha value is -1.06. The van der Waals surface area contributed by atoms with Crippen molar-refractivity contribution in [3.63, 3.8) is 0 Å². The van der Waals surface area contributed by atoms with Gasteiger partial charge in [-0.2, -0.15) is 0 Å². The van der Waals surface area contributed by atoms with Crippen LogP contribution in [0, 0.1) is 22.2 Å². The second kappa shape index (κ2) is 4.25. The zero-order valence-corrected chi connectivity index (χ0v) is 11.9. The maximum absolute atomic E-state index is 11.8. The Labute approximate surface area is 108 Å². The summed E-state index contributed by atoms with van der Waals surface area (Å²) in [6.45, 7) is 9.76. The van der Waals surface area contributed by atoms with Gasteiger partial charge in [0.25, 0.3) is 0 Å². The molecule has 0 aliphatic heterocycles. The summed E-state index contributed by atoms with van der Waals surface area (Å²) in [4.78, 5) is 23.1. The molecule has 0 aromatic carbocycles. The summed E-state index contributed by atoms with van der Waals surface area (Å²) in [6, 6.07) is 0. The molecule has 2 N–H and O–H groups in total. The molecule has 4 heteroatoms. The summed E-state index contributed by atoms with van der Waals surface area (Å²) in [6.07, 6.45) is 1.69. The molecule has 2 atom stereocenters. The maximum Gasteiger partial charge on any atom is 0.311 e. The molecule has 0 saturated heterocycles. The topological polar surface area (TPSA) is 74.6 Å². The van der Waals surface area contributed by atoms with Gasteiger partial charge in [-0.1, -0.05) is 41.0 Å². The summed E-state index contributed by atoms with van der Waals surface area (Å²) >= 11 is 0. The third-order valence-electron chi connectivity index (χ3n) is 4.91. The fraction of sp³-hybridized carbons (Fsp3) is 0.857. The van der Waals surface area contributed by atoms with Crippen molar-refractivity contribution in [2.75, 3.05) is 0 Å². The molecule has 1 fully saturated rings. The molecule has 1 saturated carbocycles. The highest BCUT2D eigenvalue weighted by atomic mass is 16.4. The average Bonchev–Trinajstić information content (AvgIpc) is 2.22. The molecule has 0 spiro atoms. The molecule has 104 valence electrons. The predicted molar refractivity (Wildman–Crippen MR) is 68.3 cm³/mol. The number of carbonyl (C=O) groups is 2. The second-order valence-corrected chi connectivity index (χ2v) is 6.95. The van der Waals surface area contributed by atoms with Gasteiger partial charge in [-0.25, -0.2) is 0 Å². The summed E-state index contributed by atoms with van der Waals surface area (Å²) in [5.74, 6) is -2.72. The molecule has 0 amide bonds. The number of aliphatic carboxylic acids is 2. The zero-order chi connectivity index (χ0) is 14.4. The number of hydrogen-bond acceptors (Lipinski definition) is 2. The molecule has 18 heavy (non-hydrogen) atoms. The summed E-state index contributed by atoms with van der Waals surface area (Å²) < 4.78 is 0. The van der Waals surface area contributed by atoms with E-state index < -0.39 is 28.7 Å². The van der Waals surface area contributed by atoms with E-state index in [1.165, 1.54) is 0 Å². The lowest BCUT2D eigenvalue weighted by Gasteiger charge is -2.59. The molecule has 0 aromatic heterocycles. The number of carboxylic acid groups (broad SMARTS) is 2. The number of hydrogen-bond donors (Lipinski definition) is 2. The first-order chi connectivity index (χ1) is 8.00. The van der Waals surface area contributed by atoms with Gasteiger partial charge in [-0.05, 0) is 23.7 Å². The summed E-state index contributed by atoms with van der Waals surface area (Å²) in [7, 11) is 0. The third-order valence-corrected chi connectivity index (χ3v) is 4.91. The van der Waals surface area contributed by atoms with Crippen LogP contribution in [0.5, 0.6) is 0 Å². The maximum atomic E-state index is 11.8. The molecule has 1 aliphatic rings. The van der Waals surface area contributed by atoms with Crippen molar-refractivity contribution in [1.82, 2.24) is 0 Å². The Morgan fingerprint density at radius 2 is 1.78 bits per heavy atom. The van der Waals surface area contributed by atoms with E-state index in [1.54, 1.807) is 0 Å². The van der Waals surface area contributed by atoms with Crippen LogP contribution in [0.1, 0.15) is 53.9 Å². The minimum atomic E-state index is -1.14. The smallest absolute Gasteiger partial charge is 0.311 e. The van der Waals surface area contributed by atoms with Gasteiger partial charge in [0, 0.05) is 0 Å². The molecule has 1 rings (SSSR count). The second-order valence-electron chi connectivity index (χ2n) is 6.95. The van der Waals surface area contributed by atoms with Crippen LogP contribution in [0.2, 0.25) is 0 Å². The van der Waals surface area contributed by atoms with Crippen LogP contribution < -0.4 is 0 Å². The van der Waals surface area contributed by atoms with E-state index in [0.29, 0.717) is 12.8 Å². The van der Waals surface area contributed by atoms with Crippen molar-refractivity contribution in [3.05, 3.63) is 0 Å². The molecular formula is C14H24O4. The van der Waals surface area contributed by atoms with Gasteiger partial charge >= 0.3 is 11.9 Å². The lowest BCUT2D eigenvalue weighted by Crippen LogP contribution is -2.63. The lowest BCUT2D eigenvalue weighted by molar-refractivity contribution is -0.206. The van der Waals surface area contributed by atoms with Crippen molar-refractivity contribution in [1.29, 1.82) is 0 Å². The van der Waals surface area contributed by atoms with E-state index in [0.717, 1.165) is 6.42 Å². The minimum Gasteiger partial charge on any atom is -0.481 e. The predicted octanol–water partition coefficient (Wildman–Crippen LogP) is 3.01. The molecule has 2 unspecified atom stereocenters. The number of rotatable bonds is 5. The normalized spacial score (nSPS) is 30.6. The summed E-state index contributed by atoms with van der Waals surface area (Å²) in [5.41, 5.74) is -1.77. The molecule has 0 bridgehead atoms. The lowest BCUT2D eigenvalue weighted by atomic mass is 9.41. The Bertz CT molecular complexity index is 370. The van der Waals surface area contributed by atoms with Crippen LogP contribution in [0.25, 0.3) is 0 Å². The standard InChI is InChI=1S/C14H24O4/c1-6-12(2,3)8-14(11(17)18)9(10(15)16)7-13(14,4)5/h9H,6-8H2,1-5H3,(H,15,16)(H,17,18). The fourth-order valence-electron chi connectivity index (χ4n) is 3.26. The first kappa shape index (κ1) is 15.0. The van der Waals surface area contributed by atoms with E-state index in [9.17, 15) is 19.8 Å². The Morgan fingerprint density at radius 3 is 2.06 bits per heavy atom. The molecule has 0 radical (unpaired) electrons. The molecule has 0 aromatic rings. The SMILES string of the molecule is CCC(C)(C)CC1(C(=O)O)C(C(=O)O)CC1(C)C. The van der Waals surface area contributed by atoms with E-state index in [1.807, 2.05) is 34.6 Å². The minimum absolute atomic E-state index is 0.163. The van der Waals surface area contributed by atoms with E-state index in [4.69, 9.17) is 0 Å². The Kier molecular flexibility index (Phi) is 3.54. The van der Waals surface area contributed by atoms with Crippen molar-refractivity contribution >= 4 is 11.9 Å². The van der Waals surface area contributed by atoms with Crippen molar-refractivity contribution < 1.29 is 19.8 Å². The van der Waals surface area contributed by atoms with Crippen LogP contribution in [-0.2, 0) is 9.59 Å². The highest BCUT2D eigenvalue weighted by Gasteiger charge is 2.68. The van der Waals surface area contributed by atoms with Crippen LogP contribution in [0.3, 0.4) is 0 Å². The van der Waals surface area contributed by atoms with Gasteiger partial charge in [-0.15, -0.1) is 0 Å². The fourth-order valence-corrected chi connectivity index (χ4v) is 3.26.